The number of allylic oxidation sites excluding steroid dienone is 14. The van der Waals surface area contributed by atoms with E-state index in [2.05, 4.69) is 106 Å². The van der Waals surface area contributed by atoms with Crippen LogP contribution >= 0.6 is 0 Å². The van der Waals surface area contributed by atoms with Crippen molar-refractivity contribution >= 4 is 11.9 Å². The predicted octanol–water partition coefficient (Wildman–Crippen LogP) is 18.5. The minimum atomic E-state index is -0.556. The SMILES string of the molecule is CC/C=C\C/C=C\C/C=C\C/C=C\CCCCCCCCC(=O)OCC(COCCCCCCCC/C=C\CCCCCCCC)OC(=O)CCCCCCC/C=C\C/C=C\CCC. The average Bonchev–Trinajstić information content (AvgIpc) is 3.30. The van der Waals surface area contributed by atoms with Crippen LogP contribution in [0, 0.1) is 0 Å². The Morgan fingerprint density at radius 1 is 0.359 bits per heavy atom. The summed E-state index contributed by atoms with van der Waals surface area (Å²) in [5, 5.41) is 0. The standard InChI is InChI=1S/C59H102O5/c1-4-7-10-13-16-19-22-25-27-29-30-31-32-35-37-40-43-46-49-52-58(60)63-56-57(64-59(61)53-50-47-44-41-38-34-24-21-18-15-12-9-6-3)55-62-54-51-48-45-42-39-36-33-28-26-23-20-17-14-11-8-5-2/h7,10,12,15-16,19,21,24-28,30-31,57H,4-6,8-9,11,13-14,17-18,20,22-23,29,32-56H2,1-3H3/b10-7-,15-12-,19-16-,24-21-,27-25-,28-26-,31-30-. The minimum Gasteiger partial charge on any atom is -0.462 e. The van der Waals surface area contributed by atoms with Gasteiger partial charge in [-0.1, -0.05) is 215 Å². The molecule has 0 saturated carbocycles. The van der Waals surface area contributed by atoms with Gasteiger partial charge in [0.1, 0.15) is 6.61 Å². The second-order valence-corrected chi connectivity index (χ2v) is 17.7. The molecule has 64 heavy (non-hydrogen) atoms. The monoisotopic (exact) mass is 891 g/mol. The van der Waals surface area contributed by atoms with E-state index < -0.39 is 6.10 Å². The lowest BCUT2D eigenvalue weighted by Gasteiger charge is -2.18. The van der Waals surface area contributed by atoms with E-state index in [0.717, 1.165) is 103 Å². The van der Waals surface area contributed by atoms with Crippen molar-refractivity contribution in [1.82, 2.24) is 0 Å². The zero-order chi connectivity index (χ0) is 46.3. The summed E-state index contributed by atoms with van der Waals surface area (Å²) in [7, 11) is 0. The number of carbonyl (C=O) groups excluding carboxylic acids is 2. The highest BCUT2D eigenvalue weighted by Gasteiger charge is 2.17. The van der Waals surface area contributed by atoms with Gasteiger partial charge < -0.3 is 14.2 Å². The van der Waals surface area contributed by atoms with Crippen LogP contribution < -0.4 is 0 Å². The molecule has 1 unspecified atom stereocenters. The summed E-state index contributed by atoms with van der Waals surface area (Å²) in [6, 6.07) is 0. The first kappa shape index (κ1) is 61.1. The fraction of sp³-hybridized carbons (Fsp3) is 0.729. The molecule has 5 heteroatoms. The predicted molar refractivity (Wildman–Crippen MR) is 279 cm³/mol. The summed E-state index contributed by atoms with van der Waals surface area (Å²) in [5.41, 5.74) is 0. The highest BCUT2D eigenvalue weighted by atomic mass is 16.6. The van der Waals surface area contributed by atoms with Gasteiger partial charge in [-0.05, 0) is 109 Å². The third-order valence-corrected chi connectivity index (χ3v) is 11.4. The summed E-state index contributed by atoms with van der Waals surface area (Å²) in [6.45, 7) is 7.62. The highest BCUT2D eigenvalue weighted by molar-refractivity contribution is 5.70. The molecule has 0 radical (unpaired) electrons. The van der Waals surface area contributed by atoms with Gasteiger partial charge in [0, 0.05) is 19.4 Å². The Labute approximate surface area is 397 Å². The molecular weight excluding hydrogens is 789 g/mol. The summed E-state index contributed by atoms with van der Waals surface area (Å²) in [6.07, 6.45) is 71.6. The molecule has 0 aliphatic heterocycles. The van der Waals surface area contributed by atoms with Gasteiger partial charge in [0.2, 0.25) is 0 Å². The molecule has 368 valence electrons. The zero-order valence-corrected chi connectivity index (χ0v) is 42.3. The van der Waals surface area contributed by atoms with Crippen LogP contribution in [0.25, 0.3) is 0 Å². The number of hydrogen-bond acceptors (Lipinski definition) is 5. The molecular formula is C59H102O5. The van der Waals surface area contributed by atoms with E-state index in [-0.39, 0.29) is 25.2 Å². The van der Waals surface area contributed by atoms with Crippen LogP contribution in [0.2, 0.25) is 0 Å². The van der Waals surface area contributed by atoms with Crippen molar-refractivity contribution in [2.75, 3.05) is 19.8 Å². The molecule has 0 aromatic rings. The van der Waals surface area contributed by atoms with E-state index in [1.807, 2.05) is 0 Å². The molecule has 0 saturated heterocycles. The zero-order valence-electron chi connectivity index (χ0n) is 42.3. The van der Waals surface area contributed by atoms with Crippen molar-refractivity contribution < 1.29 is 23.8 Å². The van der Waals surface area contributed by atoms with Gasteiger partial charge >= 0.3 is 11.9 Å². The van der Waals surface area contributed by atoms with Crippen LogP contribution in [0.4, 0.5) is 0 Å². The number of esters is 2. The summed E-state index contributed by atoms with van der Waals surface area (Å²) in [5.74, 6) is -0.431. The lowest BCUT2D eigenvalue weighted by atomic mass is 10.1. The number of rotatable bonds is 49. The molecule has 0 spiro atoms. The lowest BCUT2D eigenvalue weighted by Crippen LogP contribution is -2.30. The molecule has 5 nitrogen and oxygen atoms in total. The number of carbonyl (C=O) groups is 2. The molecule has 0 aromatic carbocycles. The second-order valence-electron chi connectivity index (χ2n) is 17.7. The summed E-state index contributed by atoms with van der Waals surface area (Å²) in [4.78, 5) is 25.4. The second kappa shape index (κ2) is 54.4. The van der Waals surface area contributed by atoms with Crippen molar-refractivity contribution in [3.05, 3.63) is 85.1 Å². The Kier molecular flexibility index (Phi) is 51.9. The van der Waals surface area contributed by atoms with Gasteiger partial charge in [-0.2, -0.15) is 0 Å². The van der Waals surface area contributed by atoms with Gasteiger partial charge in [-0.25, -0.2) is 0 Å². The molecule has 0 bridgehead atoms. The fourth-order valence-corrected chi connectivity index (χ4v) is 7.36. The van der Waals surface area contributed by atoms with Crippen molar-refractivity contribution in [2.45, 2.75) is 258 Å². The molecule has 0 amide bonds. The molecule has 0 rings (SSSR count). The maximum Gasteiger partial charge on any atom is 0.306 e. The van der Waals surface area contributed by atoms with Crippen molar-refractivity contribution in [1.29, 1.82) is 0 Å². The molecule has 0 aliphatic rings. The van der Waals surface area contributed by atoms with E-state index in [4.69, 9.17) is 14.2 Å². The first-order chi connectivity index (χ1) is 31.6. The quantitative estimate of drug-likeness (QED) is 0.0346. The van der Waals surface area contributed by atoms with Gasteiger partial charge in [0.05, 0.1) is 6.61 Å². The van der Waals surface area contributed by atoms with Crippen LogP contribution in [0.5, 0.6) is 0 Å². The topological polar surface area (TPSA) is 61.8 Å². The van der Waals surface area contributed by atoms with Crippen LogP contribution in [-0.4, -0.2) is 37.9 Å². The summed E-state index contributed by atoms with van der Waals surface area (Å²) >= 11 is 0. The van der Waals surface area contributed by atoms with E-state index >= 15 is 0 Å². The largest absolute Gasteiger partial charge is 0.462 e. The Balaban J connectivity index is 4.31. The smallest absolute Gasteiger partial charge is 0.306 e. The maximum absolute atomic E-state index is 12.8. The Morgan fingerprint density at radius 3 is 1.20 bits per heavy atom. The highest BCUT2D eigenvalue weighted by Crippen LogP contribution is 2.14. The summed E-state index contributed by atoms with van der Waals surface area (Å²) < 4.78 is 17.4. The van der Waals surface area contributed by atoms with E-state index in [9.17, 15) is 9.59 Å². The maximum atomic E-state index is 12.8. The van der Waals surface area contributed by atoms with E-state index in [1.54, 1.807) is 0 Å². The van der Waals surface area contributed by atoms with Crippen LogP contribution in [0.15, 0.2) is 85.1 Å². The molecule has 0 N–H and O–H groups in total. The van der Waals surface area contributed by atoms with Crippen LogP contribution in [-0.2, 0) is 23.8 Å². The first-order valence-corrected chi connectivity index (χ1v) is 27.1. The van der Waals surface area contributed by atoms with Gasteiger partial charge in [0.25, 0.3) is 0 Å². The Morgan fingerprint density at radius 2 is 0.734 bits per heavy atom. The number of unbranched alkanes of at least 4 members (excludes halogenated alkanes) is 24. The molecule has 1 atom stereocenters. The number of ether oxygens (including phenoxy) is 3. The van der Waals surface area contributed by atoms with Gasteiger partial charge in [-0.3, -0.25) is 9.59 Å². The van der Waals surface area contributed by atoms with Gasteiger partial charge in [-0.15, -0.1) is 0 Å². The van der Waals surface area contributed by atoms with Crippen molar-refractivity contribution in [3.8, 4) is 0 Å². The van der Waals surface area contributed by atoms with Crippen molar-refractivity contribution in [2.24, 2.45) is 0 Å². The number of hydrogen-bond donors (Lipinski definition) is 0. The first-order valence-electron chi connectivity index (χ1n) is 27.1. The molecule has 0 heterocycles. The molecule has 0 fully saturated rings. The Bertz CT molecular complexity index is 1190. The van der Waals surface area contributed by atoms with E-state index in [0.29, 0.717) is 19.4 Å². The molecule has 0 aliphatic carbocycles. The minimum absolute atomic E-state index is 0.0667. The van der Waals surface area contributed by atoms with Gasteiger partial charge in [0.15, 0.2) is 6.10 Å². The normalized spacial score (nSPS) is 12.9. The van der Waals surface area contributed by atoms with E-state index in [1.165, 1.54) is 116 Å². The third-order valence-electron chi connectivity index (χ3n) is 11.4. The van der Waals surface area contributed by atoms with Crippen LogP contribution in [0.1, 0.15) is 252 Å². The third kappa shape index (κ3) is 51.7. The lowest BCUT2D eigenvalue weighted by molar-refractivity contribution is -0.163. The van der Waals surface area contributed by atoms with Crippen molar-refractivity contribution in [3.63, 3.8) is 0 Å². The fourth-order valence-electron chi connectivity index (χ4n) is 7.36. The average molecular weight is 891 g/mol. The molecule has 0 aromatic heterocycles. The van der Waals surface area contributed by atoms with Crippen LogP contribution in [0.3, 0.4) is 0 Å². The Hall–Kier alpha value is -2.92.